The van der Waals surface area contributed by atoms with Crippen LogP contribution < -0.4 is 24.3 Å². The summed E-state index contributed by atoms with van der Waals surface area (Å²) in [5.74, 6) is 1.36. The molecule has 31 heavy (non-hydrogen) atoms. The minimum absolute atomic E-state index is 0.0307. The Morgan fingerprint density at radius 1 is 0.935 bits per heavy atom. The number of nitrogens with one attached hydrogen (secondary N) is 1. The van der Waals surface area contributed by atoms with Gasteiger partial charge in [0.1, 0.15) is 0 Å². The fourth-order valence-corrected chi connectivity index (χ4v) is 3.05. The van der Waals surface area contributed by atoms with Crippen molar-refractivity contribution < 1.29 is 32.5 Å². The molecule has 0 unspecified atom stereocenters. The number of hydrogen-bond acceptors (Lipinski definition) is 6. The summed E-state index contributed by atoms with van der Waals surface area (Å²) in [5, 5.41) is 2.89. The molecule has 0 saturated heterocycles. The van der Waals surface area contributed by atoms with Gasteiger partial charge in [-0.2, -0.15) is 8.78 Å². The fraction of sp³-hybridized carbons (Fsp3) is 0.409. The molecule has 170 valence electrons. The fourth-order valence-electron chi connectivity index (χ4n) is 3.05. The predicted octanol–water partition coefficient (Wildman–Crippen LogP) is 3.10. The van der Waals surface area contributed by atoms with Crippen LogP contribution in [0.1, 0.15) is 11.1 Å². The van der Waals surface area contributed by atoms with Crippen LogP contribution in [0.3, 0.4) is 0 Å². The van der Waals surface area contributed by atoms with Gasteiger partial charge < -0.3 is 24.3 Å². The Balaban J connectivity index is 1.82. The largest absolute Gasteiger partial charge is 0.493 e. The minimum Gasteiger partial charge on any atom is -0.493 e. The highest BCUT2D eigenvalue weighted by molar-refractivity contribution is 5.78. The Morgan fingerprint density at radius 3 is 2.16 bits per heavy atom. The Labute approximate surface area is 180 Å². The van der Waals surface area contributed by atoms with Gasteiger partial charge in [-0.1, -0.05) is 12.1 Å². The first-order valence-electron chi connectivity index (χ1n) is 9.64. The molecule has 2 rings (SSSR count). The number of rotatable bonds is 12. The molecule has 0 radical (unpaired) electrons. The van der Waals surface area contributed by atoms with Crippen LogP contribution in [0.15, 0.2) is 36.4 Å². The van der Waals surface area contributed by atoms with E-state index in [1.54, 1.807) is 33.4 Å². The zero-order valence-corrected chi connectivity index (χ0v) is 18.1. The highest BCUT2D eigenvalue weighted by Crippen LogP contribution is 2.30. The summed E-state index contributed by atoms with van der Waals surface area (Å²) in [7, 11) is 6.33. The van der Waals surface area contributed by atoms with Crippen molar-refractivity contribution in [2.45, 2.75) is 19.6 Å². The number of benzene rings is 2. The zero-order chi connectivity index (χ0) is 22.8. The minimum atomic E-state index is -2.93. The first-order valence-corrected chi connectivity index (χ1v) is 9.64. The molecule has 7 nitrogen and oxygen atoms in total. The van der Waals surface area contributed by atoms with Crippen LogP contribution in [-0.2, 0) is 17.8 Å². The number of alkyl halides is 2. The molecule has 0 heterocycles. The second-order valence-corrected chi connectivity index (χ2v) is 6.83. The van der Waals surface area contributed by atoms with Crippen molar-refractivity contribution in [1.82, 2.24) is 10.2 Å². The van der Waals surface area contributed by atoms with Crippen molar-refractivity contribution in [2.75, 3.05) is 41.5 Å². The molecule has 0 atom stereocenters. The maximum absolute atomic E-state index is 12.4. The monoisotopic (exact) mass is 438 g/mol. The van der Waals surface area contributed by atoms with E-state index in [4.69, 9.17) is 14.2 Å². The smallest absolute Gasteiger partial charge is 0.387 e. The van der Waals surface area contributed by atoms with E-state index in [0.29, 0.717) is 31.0 Å². The van der Waals surface area contributed by atoms with Crippen molar-refractivity contribution in [1.29, 1.82) is 0 Å². The van der Waals surface area contributed by atoms with E-state index < -0.39 is 6.61 Å². The standard InChI is InChI=1S/C22H28F2N2O5/c1-26(13-16-6-8-18(31-22(23)24)20(12-16)30-4)14-21(27)25-10-9-15-5-7-17(28-2)19(11-15)29-3/h5-8,11-12,22H,9-10,13-14H2,1-4H3,(H,25,27). The SMILES string of the molecule is COc1ccc(CCNC(=O)CN(C)Cc2ccc(OC(F)F)c(OC)c2)cc1OC. The number of carbonyl (C=O) groups excluding carboxylic acids is 1. The first-order chi connectivity index (χ1) is 14.9. The average Bonchev–Trinajstić information content (AvgIpc) is 2.74. The molecule has 0 bridgehead atoms. The van der Waals surface area contributed by atoms with Gasteiger partial charge in [0, 0.05) is 13.1 Å². The molecular formula is C22H28F2N2O5. The third-order valence-electron chi connectivity index (χ3n) is 4.49. The highest BCUT2D eigenvalue weighted by atomic mass is 19.3. The van der Waals surface area contributed by atoms with Crippen molar-refractivity contribution in [2.24, 2.45) is 0 Å². The number of halogens is 2. The zero-order valence-electron chi connectivity index (χ0n) is 18.1. The second-order valence-electron chi connectivity index (χ2n) is 6.83. The van der Waals surface area contributed by atoms with Gasteiger partial charge in [0.05, 0.1) is 27.9 Å². The topological polar surface area (TPSA) is 69.3 Å². The van der Waals surface area contributed by atoms with Crippen LogP contribution in [-0.4, -0.2) is 58.9 Å². The molecule has 0 aliphatic carbocycles. The summed E-state index contributed by atoms with van der Waals surface area (Å²) >= 11 is 0. The lowest BCUT2D eigenvalue weighted by Crippen LogP contribution is -2.35. The third kappa shape index (κ3) is 7.60. The van der Waals surface area contributed by atoms with Crippen LogP contribution in [0.2, 0.25) is 0 Å². The van der Waals surface area contributed by atoms with Gasteiger partial charge in [0.2, 0.25) is 5.91 Å². The number of carbonyl (C=O) groups is 1. The van der Waals surface area contributed by atoms with Gasteiger partial charge in [-0.25, -0.2) is 0 Å². The van der Waals surface area contributed by atoms with Crippen LogP contribution in [0.25, 0.3) is 0 Å². The van der Waals surface area contributed by atoms with E-state index in [1.807, 2.05) is 23.1 Å². The molecular weight excluding hydrogens is 410 g/mol. The third-order valence-corrected chi connectivity index (χ3v) is 4.49. The summed E-state index contributed by atoms with van der Waals surface area (Å²) in [6.45, 7) is -1.82. The molecule has 0 aromatic heterocycles. The van der Waals surface area contributed by atoms with E-state index in [-0.39, 0.29) is 24.0 Å². The van der Waals surface area contributed by atoms with E-state index >= 15 is 0 Å². The average molecular weight is 438 g/mol. The molecule has 1 N–H and O–H groups in total. The summed E-state index contributed by atoms with van der Waals surface area (Å²) in [6.07, 6.45) is 0.651. The predicted molar refractivity (Wildman–Crippen MR) is 112 cm³/mol. The van der Waals surface area contributed by atoms with E-state index in [1.165, 1.54) is 13.2 Å². The maximum Gasteiger partial charge on any atom is 0.387 e. The van der Waals surface area contributed by atoms with Gasteiger partial charge in [0.25, 0.3) is 0 Å². The van der Waals surface area contributed by atoms with Crippen LogP contribution >= 0.6 is 0 Å². The Hall–Kier alpha value is -3.07. The number of hydrogen-bond donors (Lipinski definition) is 1. The highest BCUT2D eigenvalue weighted by Gasteiger charge is 2.13. The Bertz CT molecular complexity index is 864. The molecule has 2 aromatic carbocycles. The van der Waals surface area contributed by atoms with E-state index in [2.05, 4.69) is 10.1 Å². The van der Waals surface area contributed by atoms with Crippen molar-refractivity contribution in [3.05, 3.63) is 47.5 Å². The normalized spacial score (nSPS) is 10.8. The molecule has 1 amide bonds. The van der Waals surface area contributed by atoms with Crippen LogP contribution in [0.5, 0.6) is 23.0 Å². The van der Waals surface area contributed by atoms with Gasteiger partial charge in [-0.05, 0) is 48.9 Å². The molecule has 9 heteroatoms. The summed E-state index contributed by atoms with van der Waals surface area (Å²) in [4.78, 5) is 14.0. The van der Waals surface area contributed by atoms with Crippen molar-refractivity contribution in [3.63, 3.8) is 0 Å². The van der Waals surface area contributed by atoms with E-state index in [9.17, 15) is 13.6 Å². The Kier molecular flexibility index (Phi) is 9.33. The number of ether oxygens (including phenoxy) is 4. The maximum atomic E-state index is 12.4. The number of methoxy groups -OCH3 is 3. The second kappa shape index (κ2) is 11.9. The number of likely N-dealkylation sites (N-methyl/N-ethyl adjacent to an activating group) is 1. The molecule has 0 aliphatic rings. The summed E-state index contributed by atoms with van der Waals surface area (Å²) in [5.41, 5.74) is 1.82. The van der Waals surface area contributed by atoms with Gasteiger partial charge in [-0.3, -0.25) is 9.69 Å². The van der Waals surface area contributed by atoms with Crippen LogP contribution in [0.4, 0.5) is 8.78 Å². The molecule has 0 saturated carbocycles. The lowest BCUT2D eigenvalue weighted by molar-refractivity contribution is -0.122. The lowest BCUT2D eigenvalue weighted by Gasteiger charge is -2.18. The van der Waals surface area contributed by atoms with Gasteiger partial charge >= 0.3 is 6.61 Å². The quantitative estimate of drug-likeness (QED) is 0.549. The number of nitrogens with zero attached hydrogens (tertiary/aromatic N) is 1. The summed E-state index contributed by atoms with van der Waals surface area (Å²) < 4.78 is 44.9. The lowest BCUT2D eigenvalue weighted by atomic mass is 10.1. The Morgan fingerprint density at radius 2 is 1.52 bits per heavy atom. The number of amides is 1. The van der Waals surface area contributed by atoms with Crippen molar-refractivity contribution >= 4 is 5.91 Å². The van der Waals surface area contributed by atoms with E-state index in [0.717, 1.165) is 11.1 Å². The molecule has 0 spiro atoms. The van der Waals surface area contributed by atoms with Gasteiger partial charge in [-0.15, -0.1) is 0 Å². The molecule has 0 aliphatic heterocycles. The van der Waals surface area contributed by atoms with Crippen molar-refractivity contribution in [3.8, 4) is 23.0 Å². The van der Waals surface area contributed by atoms with Crippen LogP contribution in [0, 0.1) is 0 Å². The molecule has 0 fully saturated rings. The molecule has 2 aromatic rings. The van der Waals surface area contributed by atoms with Gasteiger partial charge in [0.15, 0.2) is 23.0 Å². The summed E-state index contributed by atoms with van der Waals surface area (Å²) in [6, 6.07) is 10.3. The first kappa shape index (κ1) is 24.2.